The second-order valence-corrected chi connectivity index (χ2v) is 7.23. The van der Waals surface area contributed by atoms with Crippen LogP contribution in [0.1, 0.15) is 29.4 Å². The smallest absolute Gasteiger partial charge is 0.311 e. The van der Waals surface area contributed by atoms with E-state index in [2.05, 4.69) is 20.9 Å². The number of nitrogens with zero attached hydrogens (tertiary/aromatic N) is 2. The summed E-state index contributed by atoms with van der Waals surface area (Å²) in [6.07, 6.45) is 0.472. The van der Waals surface area contributed by atoms with Gasteiger partial charge < -0.3 is 10.0 Å². The van der Waals surface area contributed by atoms with Crippen LogP contribution in [0, 0.1) is 12.3 Å². The van der Waals surface area contributed by atoms with E-state index < -0.39 is 11.4 Å². The Balaban J connectivity index is 2.02. The number of hydrogen-bond donors (Lipinski definition) is 1. The molecule has 1 atom stereocenters. The lowest BCUT2D eigenvalue weighted by molar-refractivity contribution is -0.147. The molecule has 1 aliphatic heterocycles. The van der Waals surface area contributed by atoms with Gasteiger partial charge in [0, 0.05) is 28.6 Å². The fourth-order valence-corrected chi connectivity index (χ4v) is 3.35. The van der Waals surface area contributed by atoms with Crippen LogP contribution in [0.5, 0.6) is 0 Å². The van der Waals surface area contributed by atoms with E-state index in [1.807, 2.05) is 25.1 Å². The van der Waals surface area contributed by atoms with Crippen molar-refractivity contribution in [2.24, 2.45) is 5.41 Å². The number of pyridine rings is 1. The molecule has 0 aliphatic carbocycles. The second-order valence-electron chi connectivity index (χ2n) is 6.32. The number of benzene rings is 1. The summed E-state index contributed by atoms with van der Waals surface area (Å²) in [6, 6.07) is 7.41. The summed E-state index contributed by atoms with van der Waals surface area (Å²) in [4.78, 5) is 30.4. The number of carboxylic acids is 1. The highest BCUT2D eigenvalue weighted by Gasteiger charge is 2.42. The quantitative estimate of drug-likeness (QED) is 0.872. The number of likely N-dealkylation sites (tertiary alicyclic amines) is 1. The van der Waals surface area contributed by atoms with Crippen LogP contribution >= 0.6 is 15.9 Å². The average Bonchev–Trinajstić information content (AvgIpc) is 2.90. The monoisotopic (exact) mass is 376 g/mol. The standard InChI is InChI=1S/C17H17BrN2O3/c1-10-7-13(12-8-11(18)3-4-14(12)19-10)15(21)20-6-5-17(2,9-20)16(22)23/h3-4,7-8H,5-6,9H2,1-2H3,(H,22,23). The largest absolute Gasteiger partial charge is 0.481 e. The zero-order valence-electron chi connectivity index (χ0n) is 13.0. The van der Waals surface area contributed by atoms with Crippen LogP contribution in [0.3, 0.4) is 0 Å². The Kier molecular flexibility index (Phi) is 3.88. The Morgan fingerprint density at radius 2 is 2.09 bits per heavy atom. The van der Waals surface area contributed by atoms with Crippen LogP contribution in [-0.2, 0) is 4.79 Å². The Hall–Kier alpha value is -1.95. The molecular formula is C17H17BrN2O3. The first-order valence-electron chi connectivity index (χ1n) is 7.40. The Bertz CT molecular complexity index is 821. The van der Waals surface area contributed by atoms with Gasteiger partial charge in [-0.25, -0.2) is 0 Å². The number of aryl methyl sites for hydroxylation is 1. The molecule has 1 amide bonds. The number of halogens is 1. The minimum Gasteiger partial charge on any atom is -0.481 e. The van der Waals surface area contributed by atoms with Crippen molar-refractivity contribution in [2.45, 2.75) is 20.3 Å². The lowest BCUT2D eigenvalue weighted by Crippen LogP contribution is -2.35. The van der Waals surface area contributed by atoms with Crippen molar-refractivity contribution >= 4 is 38.7 Å². The fraction of sp³-hybridized carbons (Fsp3) is 0.353. The number of carbonyl (C=O) groups is 2. The molecular weight excluding hydrogens is 360 g/mol. The highest BCUT2D eigenvalue weighted by Crippen LogP contribution is 2.32. The summed E-state index contributed by atoms with van der Waals surface area (Å²) in [5, 5.41) is 10.1. The predicted octanol–water partition coefficient (Wildman–Crippen LogP) is 3.24. The maximum absolute atomic E-state index is 12.9. The van der Waals surface area contributed by atoms with Gasteiger partial charge in [0.2, 0.25) is 0 Å². The molecule has 1 fully saturated rings. The summed E-state index contributed by atoms with van der Waals surface area (Å²) >= 11 is 3.42. The van der Waals surface area contributed by atoms with Gasteiger partial charge in [0.05, 0.1) is 16.5 Å². The van der Waals surface area contributed by atoms with Crippen molar-refractivity contribution in [1.82, 2.24) is 9.88 Å². The molecule has 1 aromatic heterocycles. The number of rotatable bonds is 2. The number of fused-ring (bicyclic) bond motifs is 1. The molecule has 1 N–H and O–H groups in total. The minimum atomic E-state index is -0.867. The lowest BCUT2D eigenvalue weighted by Gasteiger charge is -2.21. The van der Waals surface area contributed by atoms with E-state index >= 15 is 0 Å². The molecule has 2 heterocycles. The molecule has 0 saturated carbocycles. The molecule has 1 saturated heterocycles. The fourth-order valence-electron chi connectivity index (χ4n) is 2.99. The molecule has 3 rings (SSSR count). The Morgan fingerprint density at radius 3 is 2.74 bits per heavy atom. The van der Waals surface area contributed by atoms with Crippen molar-refractivity contribution in [2.75, 3.05) is 13.1 Å². The molecule has 0 bridgehead atoms. The van der Waals surface area contributed by atoms with Crippen molar-refractivity contribution < 1.29 is 14.7 Å². The summed E-state index contributed by atoms with van der Waals surface area (Å²) in [7, 11) is 0. The third-order valence-corrected chi connectivity index (χ3v) is 4.90. The first-order chi connectivity index (χ1) is 10.8. The van der Waals surface area contributed by atoms with Gasteiger partial charge in [0.15, 0.2) is 0 Å². The molecule has 0 spiro atoms. The van der Waals surface area contributed by atoms with Crippen LogP contribution in [0.15, 0.2) is 28.7 Å². The van der Waals surface area contributed by atoms with Crippen molar-refractivity contribution in [3.05, 3.63) is 40.0 Å². The van der Waals surface area contributed by atoms with Crippen molar-refractivity contribution in [1.29, 1.82) is 0 Å². The van der Waals surface area contributed by atoms with Gasteiger partial charge in [-0.2, -0.15) is 0 Å². The number of carboxylic acid groups (broad SMARTS) is 1. The number of hydrogen-bond acceptors (Lipinski definition) is 3. The van der Waals surface area contributed by atoms with E-state index in [9.17, 15) is 14.7 Å². The number of aliphatic carboxylic acids is 1. The Morgan fingerprint density at radius 1 is 1.35 bits per heavy atom. The van der Waals surface area contributed by atoms with E-state index in [-0.39, 0.29) is 12.5 Å². The van der Waals surface area contributed by atoms with Crippen LogP contribution in [-0.4, -0.2) is 40.0 Å². The number of amides is 1. The molecule has 1 aromatic carbocycles. The number of aromatic nitrogens is 1. The van der Waals surface area contributed by atoms with E-state index in [1.165, 1.54) is 0 Å². The molecule has 2 aromatic rings. The zero-order chi connectivity index (χ0) is 16.8. The van der Waals surface area contributed by atoms with E-state index in [1.54, 1.807) is 17.9 Å². The predicted molar refractivity (Wildman–Crippen MR) is 90.4 cm³/mol. The van der Waals surface area contributed by atoms with Gasteiger partial charge in [-0.05, 0) is 44.5 Å². The average molecular weight is 377 g/mol. The summed E-state index contributed by atoms with van der Waals surface area (Å²) in [6.45, 7) is 4.23. The van der Waals surface area contributed by atoms with E-state index in [0.717, 1.165) is 21.1 Å². The van der Waals surface area contributed by atoms with Crippen molar-refractivity contribution in [3.63, 3.8) is 0 Å². The minimum absolute atomic E-state index is 0.136. The SMILES string of the molecule is Cc1cc(C(=O)N2CCC(C)(C(=O)O)C2)c2cc(Br)ccc2n1. The summed E-state index contributed by atoms with van der Waals surface area (Å²) < 4.78 is 0.876. The van der Waals surface area contributed by atoms with Gasteiger partial charge in [0.1, 0.15) is 0 Å². The van der Waals surface area contributed by atoms with Crippen LogP contribution in [0.25, 0.3) is 10.9 Å². The van der Waals surface area contributed by atoms with Crippen LogP contribution in [0.2, 0.25) is 0 Å². The molecule has 0 radical (unpaired) electrons. The van der Waals surface area contributed by atoms with Crippen molar-refractivity contribution in [3.8, 4) is 0 Å². The molecule has 5 nitrogen and oxygen atoms in total. The van der Waals surface area contributed by atoms with Gasteiger partial charge in [-0.15, -0.1) is 0 Å². The van der Waals surface area contributed by atoms with Gasteiger partial charge in [-0.1, -0.05) is 15.9 Å². The molecule has 1 unspecified atom stereocenters. The third kappa shape index (κ3) is 2.83. The zero-order valence-corrected chi connectivity index (χ0v) is 14.6. The van der Waals surface area contributed by atoms with Crippen LogP contribution in [0.4, 0.5) is 0 Å². The highest BCUT2D eigenvalue weighted by molar-refractivity contribution is 9.10. The normalized spacial score (nSPS) is 20.9. The van der Waals surface area contributed by atoms with E-state index in [0.29, 0.717) is 18.5 Å². The molecule has 1 aliphatic rings. The van der Waals surface area contributed by atoms with Crippen LogP contribution < -0.4 is 0 Å². The summed E-state index contributed by atoms with van der Waals surface area (Å²) in [5.74, 6) is -0.991. The topological polar surface area (TPSA) is 70.5 Å². The molecule has 120 valence electrons. The number of carbonyl (C=O) groups excluding carboxylic acids is 1. The van der Waals surface area contributed by atoms with E-state index in [4.69, 9.17) is 0 Å². The van der Waals surface area contributed by atoms with Gasteiger partial charge >= 0.3 is 5.97 Å². The molecule has 6 heteroatoms. The first kappa shape index (κ1) is 15.9. The maximum atomic E-state index is 12.9. The maximum Gasteiger partial charge on any atom is 0.311 e. The molecule has 23 heavy (non-hydrogen) atoms. The second kappa shape index (κ2) is 5.60. The Labute approximate surface area is 142 Å². The lowest BCUT2D eigenvalue weighted by atomic mass is 9.90. The van der Waals surface area contributed by atoms with Gasteiger partial charge in [-0.3, -0.25) is 14.6 Å². The first-order valence-corrected chi connectivity index (χ1v) is 8.19. The highest BCUT2D eigenvalue weighted by atomic mass is 79.9. The summed E-state index contributed by atoms with van der Waals surface area (Å²) in [5.41, 5.74) is 1.23. The third-order valence-electron chi connectivity index (χ3n) is 4.41. The van der Waals surface area contributed by atoms with Gasteiger partial charge in [0.25, 0.3) is 5.91 Å².